The zero-order valence-electron chi connectivity index (χ0n) is 13.3. The molecule has 0 aliphatic rings. The van der Waals surface area contributed by atoms with Crippen LogP contribution in [0.5, 0.6) is 0 Å². The zero-order chi connectivity index (χ0) is 17.7. The Balaban J connectivity index is 2.09. The number of carbonyl (C=O) groups excluding carboxylic acids is 1. The molecule has 6 heteroatoms. The first kappa shape index (κ1) is 17.7. The van der Waals surface area contributed by atoms with Crippen LogP contribution >= 0.6 is 11.6 Å². The molecule has 2 aromatic carbocycles. The minimum atomic E-state index is -0.587. The second-order valence-electron chi connectivity index (χ2n) is 5.56. The van der Waals surface area contributed by atoms with E-state index in [1.807, 2.05) is 24.3 Å². The van der Waals surface area contributed by atoms with Gasteiger partial charge >= 0.3 is 0 Å². The van der Waals surface area contributed by atoms with Crippen LogP contribution < -0.4 is 5.32 Å². The third-order valence-electron chi connectivity index (χ3n) is 3.44. The van der Waals surface area contributed by atoms with Gasteiger partial charge in [0.2, 0.25) is 5.91 Å². The molecule has 0 atom stereocenters. The molecule has 24 heavy (non-hydrogen) atoms. The average Bonchev–Trinajstić information content (AvgIpc) is 2.54. The Labute approximate surface area is 145 Å². The van der Waals surface area contributed by atoms with E-state index in [1.54, 1.807) is 6.08 Å². The number of carbonyl (C=O) groups is 1. The summed E-state index contributed by atoms with van der Waals surface area (Å²) in [7, 11) is 0. The van der Waals surface area contributed by atoms with Crippen molar-refractivity contribution in [2.24, 2.45) is 0 Å². The van der Waals surface area contributed by atoms with Gasteiger partial charge in [-0.25, -0.2) is 0 Å². The predicted octanol–water partition coefficient (Wildman–Crippen LogP) is 5.02. The molecule has 0 saturated heterocycles. The maximum Gasteiger partial charge on any atom is 0.294 e. The van der Waals surface area contributed by atoms with Crippen LogP contribution in [0.2, 0.25) is 5.02 Å². The monoisotopic (exact) mass is 344 g/mol. The van der Waals surface area contributed by atoms with Gasteiger partial charge < -0.3 is 5.32 Å². The fourth-order valence-electron chi connectivity index (χ4n) is 2.10. The highest BCUT2D eigenvalue weighted by atomic mass is 35.5. The Kier molecular flexibility index (Phi) is 5.71. The number of hydrogen-bond donors (Lipinski definition) is 1. The van der Waals surface area contributed by atoms with Crippen molar-refractivity contribution in [2.45, 2.75) is 19.8 Å². The molecule has 1 N–H and O–H groups in total. The standard InChI is InChI=1S/C18H17ClN2O3/c1-12(2)14-6-3-13(4-7-14)5-10-18(22)20-16-9-8-15(19)11-17(16)21(23)24/h3-12H,1-2H3,(H,20,22). The Morgan fingerprint density at radius 2 is 1.88 bits per heavy atom. The van der Waals surface area contributed by atoms with Crippen LogP contribution in [-0.2, 0) is 4.79 Å². The first-order valence-corrected chi connectivity index (χ1v) is 7.77. The number of rotatable bonds is 5. The third kappa shape index (κ3) is 4.67. The molecule has 0 spiro atoms. The molecular formula is C18H17ClN2O3. The lowest BCUT2D eigenvalue weighted by molar-refractivity contribution is -0.383. The van der Waals surface area contributed by atoms with Crippen LogP contribution in [-0.4, -0.2) is 10.8 Å². The fourth-order valence-corrected chi connectivity index (χ4v) is 2.27. The lowest BCUT2D eigenvalue weighted by Gasteiger charge is -2.05. The summed E-state index contributed by atoms with van der Waals surface area (Å²) < 4.78 is 0. The predicted molar refractivity (Wildman–Crippen MR) is 96.3 cm³/mol. The maximum absolute atomic E-state index is 12.0. The minimum Gasteiger partial charge on any atom is -0.317 e. The summed E-state index contributed by atoms with van der Waals surface area (Å²) in [5, 5.41) is 13.7. The van der Waals surface area contributed by atoms with Gasteiger partial charge in [0.1, 0.15) is 5.69 Å². The van der Waals surface area contributed by atoms with Crippen LogP contribution in [0.1, 0.15) is 30.9 Å². The maximum atomic E-state index is 12.0. The average molecular weight is 345 g/mol. The van der Waals surface area contributed by atoms with E-state index in [4.69, 9.17) is 11.6 Å². The second-order valence-corrected chi connectivity index (χ2v) is 6.00. The van der Waals surface area contributed by atoms with E-state index in [-0.39, 0.29) is 16.4 Å². The number of anilines is 1. The number of nitro benzene ring substituents is 1. The van der Waals surface area contributed by atoms with Crippen molar-refractivity contribution in [2.75, 3.05) is 5.32 Å². The highest BCUT2D eigenvalue weighted by Gasteiger charge is 2.15. The van der Waals surface area contributed by atoms with E-state index in [2.05, 4.69) is 19.2 Å². The summed E-state index contributed by atoms with van der Waals surface area (Å²) in [6.07, 6.45) is 2.99. The van der Waals surface area contributed by atoms with Crippen molar-refractivity contribution in [3.05, 3.63) is 74.8 Å². The minimum absolute atomic E-state index is 0.106. The molecule has 0 unspecified atom stereocenters. The second kappa shape index (κ2) is 7.75. The Bertz CT molecular complexity index is 783. The SMILES string of the molecule is CC(C)c1ccc(C=CC(=O)Nc2ccc(Cl)cc2[N+](=O)[O-])cc1. The molecule has 0 bridgehead atoms. The van der Waals surface area contributed by atoms with Crippen LogP contribution in [0.25, 0.3) is 6.08 Å². The molecule has 0 aliphatic heterocycles. The van der Waals surface area contributed by atoms with E-state index in [9.17, 15) is 14.9 Å². The van der Waals surface area contributed by atoms with Crippen molar-refractivity contribution in [3.63, 3.8) is 0 Å². The highest BCUT2D eigenvalue weighted by molar-refractivity contribution is 6.31. The third-order valence-corrected chi connectivity index (χ3v) is 3.68. The van der Waals surface area contributed by atoms with E-state index < -0.39 is 10.8 Å². The lowest BCUT2D eigenvalue weighted by Crippen LogP contribution is -2.09. The number of nitrogens with zero attached hydrogens (tertiary/aromatic N) is 1. The zero-order valence-corrected chi connectivity index (χ0v) is 14.1. The summed E-state index contributed by atoms with van der Waals surface area (Å²) in [6.45, 7) is 4.22. The number of hydrogen-bond acceptors (Lipinski definition) is 3. The molecule has 0 saturated carbocycles. The fraction of sp³-hybridized carbons (Fsp3) is 0.167. The van der Waals surface area contributed by atoms with Gasteiger partial charge in [0, 0.05) is 17.2 Å². The van der Waals surface area contributed by atoms with Gasteiger partial charge in [0.25, 0.3) is 5.69 Å². The van der Waals surface area contributed by atoms with Crippen molar-refractivity contribution in [1.82, 2.24) is 0 Å². The van der Waals surface area contributed by atoms with Gasteiger partial charge in [0.05, 0.1) is 4.92 Å². The molecule has 124 valence electrons. The Morgan fingerprint density at radius 1 is 1.21 bits per heavy atom. The quantitative estimate of drug-likeness (QED) is 0.470. The van der Waals surface area contributed by atoms with Gasteiger partial charge in [-0.2, -0.15) is 0 Å². The largest absolute Gasteiger partial charge is 0.317 e. The molecule has 0 radical (unpaired) electrons. The summed E-state index contributed by atoms with van der Waals surface area (Å²) in [6, 6.07) is 11.9. The molecule has 2 rings (SSSR count). The lowest BCUT2D eigenvalue weighted by atomic mass is 10.0. The van der Waals surface area contributed by atoms with Crippen molar-refractivity contribution in [1.29, 1.82) is 0 Å². The van der Waals surface area contributed by atoms with Gasteiger partial charge in [0.15, 0.2) is 0 Å². The highest BCUT2D eigenvalue weighted by Crippen LogP contribution is 2.27. The number of nitrogens with one attached hydrogen (secondary N) is 1. The van der Waals surface area contributed by atoms with E-state index >= 15 is 0 Å². The smallest absolute Gasteiger partial charge is 0.294 e. The van der Waals surface area contributed by atoms with Gasteiger partial charge in [-0.3, -0.25) is 14.9 Å². The summed E-state index contributed by atoms with van der Waals surface area (Å²) in [4.78, 5) is 22.4. The number of halogens is 1. The molecular weight excluding hydrogens is 328 g/mol. The molecule has 2 aromatic rings. The molecule has 0 fully saturated rings. The normalized spacial score (nSPS) is 11.0. The van der Waals surface area contributed by atoms with Crippen LogP contribution in [0.4, 0.5) is 11.4 Å². The van der Waals surface area contributed by atoms with Crippen LogP contribution in [0.15, 0.2) is 48.5 Å². The summed E-state index contributed by atoms with van der Waals surface area (Å²) in [5.41, 5.74) is 1.95. The number of benzene rings is 2. The van der Waals surface area contributed by atoms with Crippen molar-refractivity contribution in [3.8, 4) is 0 Å². The van der Waals surface area contributed by atoms with Gasteiger partial charge in [-0.05, 0) is 35.3 Å². The van der Waals surface area contributed by atoms with E-state index in [0.717, 1.165) is 5.56 Å². The first-order valence-electron chi connectivity index (χ1n) is 7.40. The number of amides is 1. The summed E-state index contributed by atoms with van der Waals surface area (Å²) >= 11 is 5.74. The molecule has 0 aromatic heterocycles. The number of nitro groups is 1. The van der Waals surface area contributed by atoms with Crippen LogP contribution in [0.3, 0.4) is 0 Å². The Morgan fingerprint density at radius 3 is 2.46 bits per heavy atom. The molecule has 1 amide bonds. The van der Waals surface area contributed by atoms with E-state index in [1.165, 1.54) is 29.8 Å². The van der Waals surface area contributed by atoms with Crippen molar-refractivity contribution >= 4 is 35.0 Å². The summed E-state index contributed by atoms with van der Waals surface area (Å²) in [5.74, 6) is -0.00913. The van der Waals surface area contributed by atoms with E-state index in [0.29, 0.717) is 5.92 Å². The molecule has 0 heterocycles. The molecule has 5 nitrogen and oxygen atoms in total. The van der Waals surface area contributed by atoms with Gasteiger partial charge in [-0.1, -0.05) is 49.7 Å². The Hall–Kier alpha value is -2.66. The first-order chi connectivity index (χ1) is 11.4. The van der Waals surface area contributed by atoms with Crippen molar-refractivity contribution < 1.29 is 9.72 Å². The molecule has 0 aliphatic carbocycles. The van der Waals surface area contributed by atoms with Crippen LogP contribution in [0, 0.1) is 10.1 Å². The topological polar surface area (TPSA) is 72.2 Å². The van der Waals surface area contributed by atoms with Gasteiger partial charge in [-0.15, -0.1) is 0 Å².